The quantitative estimate of drug-likeness (QED) is 0.798. The van der Waals surface area contributed by atoms with Gasteiger partial charge in [-0.05, 0) is 25.1 Å². The van der Waals surface area contributed by atoms with Gasteiger partial charge in [-0.25, -0.2) is 14.8 Å². The molecule has 4 nitrogen and oxygen atoms in total. The van der Waals surface area contributed by atoms with Crippen LogP contribution in [0.2, 0.25) is 5.02 Å². The van der Waals surface area contributed by atoms with Crippen LogP contribution in [0.25, 0.3) is 11.3 Å². The van der Waals surface area contributed by atoms with Crippen molar-refractivity contribution in [2.45, 2.75) is 6.92 Å². The Morgan fingerprint density at radius 1 is 1.28 bits per heavy atom. The normalized spacial score (nSPS) is 10.1. The van der Waals surface area contributed by atoms with Crippen molar-refractivity contribution in [3.05, 3.63) is 47.4 Å². The molecule has 0 amide bonds. The molecule has 0 N–H and O–H groups in total. The largest absolute Gasteiger partial charge is 0.460 e. The van der Waals surface area contributed by atoms with E-state index in [1.807, 2.05) is 12.1 Å². The number of benzene rings is 1. The molecule has 0 atom stereocenters. The van der Waals surface area contributed by atoms with E-state index in [2.05, 4.69) is 9.97 Å². The summed E-state index contributed by atoms with van der Waals surface area (Å²) < 4.78 is 4.85. The number of esters is 1. The highest BCUT2D eigenvalue weighted by Gasteiger charge is 2.11. The molecule has 2 rings (SSSR count). The number of hydrogen-bond acceptors (Lipinski definition) is 4. The van der Waals surface area contributed by atoms with Crippen molar-refractivity contribution < 1.29 is 9.53 Å². The minimum Gasteiger partial charge on any atom is -0.460 e. The van der Waals surface area contributed by atoms with Crippen LogP contribution in [0.15, 0.2) is 36.5 Å². The predicted molar refractivity (Wildman–Crippen MR) is 68.4 cm³/mol. The van der Waals surface area contributed by atoms with Crippen LogP contribution < -0.4 is 0 Å². The van der Waals surface area contributed by atoms with E-state index in [-0.39, 0.29) is 5.82 Å². The highest BCUT2D eigenvalue weighted by atomic mass is 35.5. The molecular weight excluding hydrogens is 252 g/mol. The Kier molecular flexibility index (Phi) is 3.89. The summed E-state index contributed by atoms with van der Waals surface area (Å²) in [4.78, 5) is 19.6. The first-order valence-corrected chi connectivity index (χ1v) is 5.84. The van der Waals surface area contributed by atoms with E-state index in [1.54, 1.807) is 25.1 Å². The van der Waals surface area contributed by atoms with Gasteiger partial charge in [0.1, 0.15) is 0 Å². The highest BCUT2D eigenvalue weighted by Crippen LogP contribution is 2.19. The summed E-state index contributed by atoms with van der Waals surface area (Å²) in [5.41, 5.74) is 1.53. The van der Waals surface area contributed by atoms with Gasteiger partial charge in [-0.1, -0.05) is 23.7 Å². The summed E-state index contributed by atoms with van der Waals surface area (Å²) in [6.07, 6.45) is 1.53. The van der Waals surface area contributed by atoms with Crippen LogP contribution in [-0.2, 0) is 4.74 Å². The minimum atomic E-state index is -0.520. The summed E-state index contributed by atoms with van der Waals surface area (Å²) in [5.74, 6) is -0.461. The van der Waals surface area contributed by atoms with E-state index in [4.69, 9.17) is 16.3 Å². The molecule has 1 aromatic heterocycles. The lowest BCUT2D eigenvalue weighted by Crippen LogP contribution is -2.09. The van der Waals surface area contributed by atoms with Crippen molar-refractivity contribution in [3.8, 4) is 11.3 Å². The van der Waals surface area contributed by atoms with E-state index >= 15 is 0 Å². The monoisotopic (exact) mass is 262 g/mol. The molecule has 5 heteroatoms. The Morgan fingerprint density at radius 3 is 2.67 bits per heavy atom. The first-order valence-electron chi connectivity index (χ1n) is 5.47. The number of carbonyl (C=O) groups excluding carboxylic acids is 1. The van der Waals surface area contributed by atoms with Crippen molar-refractivity contribution in [2.75, 3.05) is 6.61 Å². The van der Waals surface area contributed by atoms with Gasteiger partial charge in [-0.15, -0.1) is 0 Å². The number of nitrogens with zero attached hydrogens (tertiary/aromatic N) is 2. The summed E-state index contributed by atoms with van der Waals surface area (Å²) in [6.45, 7) is 2.04. The maximum atomic E-state index is 11.5. The Labute approximate surface area is 110 Å². The molecule has 0 saturated carbocycles. The molecule has 0 aliphatic rings. The van der Waals surface area contributed by atoms with Crippen LogP contribution in [0.5, 0.6) is 0 Å². The number of ether oxygens (including phenoxy) is 1. The SMILES string of the molecule is CCOC(=O)c1nccc(-c2ccc(Cl)cc2)n1. The number of rotatable bonds is 3. The molecule has 0 aliphatic heterocycles. The van der Waals surface area contributed by atoms with Gasteiger partial charge in [0.25, 0.3) is 0 Å². The summed E-state index contributed by atoms with van der Waals surface area (Å²) in [5, 5.41) is 0.651. The minimum absolute atomic E-state index is 0.0595. The molecule has 18 heavy (non-hydrogen) atoms. The van der Waals surface area contributed by atoms with Gasteiger partial charge in [0, 0.05) is 16.8 Å². The van der Waals surface area contributed by atoms with Gasteiger partial charge in [0.05, 0.1) is 12.3 Å². The lowest BCUT2D eigenvalue weighted by atomic mass is 10.1. The Bertz CT molecular complexity index is 555. The second-order valence-corrected chi connectivity index (χ2v) is 3.93. The van der Waals surface area contributed by atoms with Gasteiger partial charge < -0.3 is 4.74 Å². The number of carbonyl (C=O) groups is 1. The van der Waals surface area contributed by atoms with Crippen LogP contribution >= 0.6 is 11.6 Å². The van der Waals surface area contributed by atoms with Gasteiger partial charge >= 0.3 is 5.97 Å². The van der Waals surface area contributed by atoms with E-state index < -0.39 is 5.97 Å². The highest BCUT2D eigenvalue weighted by molar-refractivity contribution is 6.30. The molecule has 0 saturated heterocycles. The number of hydrogen-bond donors (Lipinski definition) is 0. The topological polar surface area (TPSA) is 52.1 Å². The van der Waals surface area contributed by atoms with Crippen LogP contribution in [0.4, 0.5) is 0 Å². The fraction of sp³-hybridized carbons (Fsp3) is 0.154. The second kappa shape index (κ2) is 5.60. The molecule has 0 bridgehead atoms. The summed E-state index contributed by atoms with van der Waals surface area (Å²) in [6, 6.07) is 8.93. The molecule has 92 valence electrons. The Morgan fingerprint density at radius 2 is 2.00 bits per heavy atom. The molecule has 0 spiro atoms. The molecule has 2 aromatic rings. The molecule has 1 heterocycles. The molecule has 0 radical (unpaired) electrons. The van der Waals surface area contributed by atoms with Crippen LogP contribution in [0.1, 0.15) is 17.5 Å². The van der Waals surface area contributed by atoms with Crippen molar-refractivity contribution in [3.63, 3.8) is 0 Å². The third-order valence-corrected chi connectivity index (χ3v) is 2.51. The van der Waals surface area contributed by atoms with Crippen LogP contribution in [0.3, 0.4) is 0 Å². The Balaban J connectivity index is 2.32. The zero-order chi connectivity index (χ0) is 13.0. The van der Waals surface area contributed by atoms with Crippen molar-refractivity contribution in [1.29, 1.82) is 0 Å². The van der Waals surface area contributed by atoms with Gasteiger partial charge in [-0.3, -0.25) is 0 Å². The van der Waals surface area contributed by atoms with E-state index in [9.17, 15) is 4.79 Å². The smallest absolute Gasteiger partial charge is 0.376 e. The summed E-state index contributed by atoms with van der Waals surface area (Å²) >= 11 is 5.82. The Hall–Kier alpha value is -1.94. The van der Waals surface area contributed by atoms with Crippen molar-refractivity contribution in [1.82, 2.24) is 9.97 Å². The van der Waals surface area contributed by atoms with Crippen LogP contribution in [-0.4, -0.2) is 22.5 Å². The van der Waals surface area contributed by atoms with Crippen molar-refractivity contribution in [2.24, 2.45) is 0 Å². The predicted octanol–water partition coefficient (Wildman–Crippen LogP) is 2.97. The lowest BCUT2D eigenvalue weighted by Gasteiger charge is -2.03. The third-order valence-electron chi connectivity index (χ3n) is 2.25. The standard InChI is InChI=1S/C13H11ClN2O2/c1-2-18-13(17)12-15-8-7-11(16-12)9-3-5-10(14)6-4-9/h3-8H,2H2,1H3. The molecule has 1 aromatic carbocycles. The van der Waals surface area contributed by atoms with Gasteiger partial charge in [-0.2, -0.15) is 0 Å². The fourth-order valence-electron chi connectivity index (χ4n) is 1.43. The lowest BCUT2D eigenvalue weighted by molar-refractivity contribution is 0.0512. The second-order valence-electron chi connectivity index (χ2n) is 3.49. The maximum Gasteiger partial charge on any atom is 0.376 e. The zero-order valence-electron chi connectivity index (χ0n) is 9.76. The molecular formula is C13H11ClN2O2. The zero-order valence-corrected chi connectivity index (χ0v) is 10.5. The first-order chi connectivity index (χ1) is 8.70. The van der Waals surface area contributed by atoms with Gasteiger partial charge in [0.2, 0.25) is 5.82 Å². The van der Waals surface area contributed by atoms with Crippen molar-refractivity contribution >= 4 is 17.6 Å². The maximum absolute atomic E-state index is 11.5. The third kappa shape index (κ3) is 2.84. The van der Waals surface area contributed by atoms with E-state index in [1.165, 1.54) is 6.20 Å². The molecule has 0 unspecified atom stereocenters. The summed E-state index contributed by atoms with van der Waals surface area (Å²) in [7, 11) is 0. The average molecular weight is 263 g/mol. The van der Waals surface area contributed by atoms with Crippen LogP contribution in [0, 0.1) is 0 Å². The first kappa shape index (κ1) is 12.5. The van der Waals surface area contributed by atoms with E-state index in [0.717, 1.165) is 5.56 Å². The average Bonchev–Trinajstić information content (AvgIpc) is 2.40. The number of aromatic nitrogens is 2. The van der Waals surface area contributed by atoms with Gasteiger partial charge in [0.15, 0.2) is 0 Å². The fourth-order valence-corrected chi connectivity index (χ4v) is 1.56. The molecule has 0 aliphatic carbocycles. The number of halogens is 1. The van der Waals surface area contributed by atoms with E-state index in [0.29, 0.717) is 17.3 Å². The molecule has 0 fully saturated rings.